The van der Waals surface area contributed by atoms with E-state index in [2.05, 4.69) is 49.3 Å². The molecule has 0 spiro atoms. The molecule has 5 atom stereocenters. The van der Waals surface area contributed by atoms with Crippen molar-refractivity contribution in [3.8, 4) is 11.8 Å². The summed E-state index contributed by atoms with van der Waals surface area (Å²) in [7, 11) is 0. The lowest BCUT2D eigenvalue weighted by atomic mass is 9.52. The molecule has 1 aromatic rings. The van der Waals surface area contributed by atoms with Crippen LogP contribution in [0, 0.1) is 35.0 Å². The molecule has 156 valence electrons. The molecule has 30 heavy (non-hydrogen) atoms. The van der Waals surface area contributed by atoms with Crippen molar-refractivity contribution < 1.29 is 4.79 Å². The summed E-state index contributed by atoms with van der Waals surface area (Å²) in [5.74, 6) is 9.59. The van der Waals surface area contributed by atoms with Gasteiger partial charge in [0.25, 0.3) is 0 Å². The molecule has 2 heteroatoms. The lowest BCUT2D eigenvalue weighted by Gasteiger charge is -2.52. The topological polar surface area (TPSA) is 17.1 Å². The molecule has 0 amide bonds. The van der Waals surface area contributed by atoms with Gasteiger partial charge in [-0.15, -0.1) is 17.7 Å². The lowest BCUT2D eigenvalue weighted by Crippen LogP contribution is -2.43. The minimum atomic E-state index is 0.298. The van der Waals surface area contributed by atoms with Crippen LogP contribution >= 0.6 is 11.8 Å². The fourth-order valence-electron chi connectivity index (χ4n) is 7.21. The Balaban J connectivity index is 1.65. The molecular weight excluding hydrogens is 384 g/mol. The first kappa shape index (κ1) is 20.2. The van der Waals surface area contributed by atoms with Crippen LogP contribution in [0.25, 0.3) is 0 Å². The normalized spacial score (nSPS) is 35.0. The van der Waals surface area contributed by atoms with E-state index in [0.29, 0.717) is 35.4 Å². The Morgan fingerprint density at radius 1 is 1.07 bits per heavy atom. The van der Waals surface area contributed by atoms with Crippen molar-refractivity contribution in [2.24, 2.45) is 23.2 Å². The number of allylic oxidation sites excluding steroid dienone is 4. The second-order valence-corrected chi connectivity index (χ2v) is 10.8. The highest BCUT2D eigenvalue weighted by Gasteiger charge is 2.56. The Labute approximate surface area is 185 Å². The average molecular weight is 417 g/mol. The van der Waals surface area contributed by atoms with Crippen LogP contribution in [0.2, 0.25) is 0 Å². The van der Waals surface area contributed by atoms with Crippen LogP contribution in [0.4, 0.5) is 0 Å². The summed E-state index contributed by atoms with van der Waals surface area (Å²) in [5.41, 5.74) is 6.37. The number of ketones is 1. The number of carbonyl (C=O) groups excluding carboxylic acids is 1. The maximum absolute atomic E-state index is 12.1. The van der Waals surface area contributed by atoms with Crippen molar-refractivity contribution in [1.29, 1.82) is 0 Å². The maximum Gasteiger partial charge on any atom is 0.156 e. The van der Waals surface area contributed by atoms with Gasteiger partial charge in [0, 0.05) is 23.2 Å². The number of hydrogen-bond acceptors (Lipinski definition) is 2. The molecule has 0 radical (unpaired) electrons. The van der Waals surface area contributed by atoms with Crippen molar-refractivity contribution in [2.75, 3.05) is 6.26 Å². The van der Waals surface area contributed by atoms with Gasteiger partial charge in [-0.05, 0) is 104 Å². The standard InChI is InChI=1S/C28H32OS/c1-4-5-20-9-15-26-24-13-8-19-16-21(29)10-14-23(19)27(24)25(17-28(20,26)2)18-6-11-22(30-3)12-7-18/h6-7,11-12,16,20,24-26H,8-10,13-15,17H2,1-3H3/t20-,24+,25-,26+,28-/m1/s1. The molecule has 2 saturated carbocycles. The monoisotopic (exact) mass is 416 g/mol. The molecule has 0 saturated heterocycles. The largest absolute Gasteiger partial charge is 0.295 e. The number of carbonyl (C=O) groups is 1. The Hall–Kier alpha value is -1.72. The molecule has 2 fully saturated rings. The van der Waals surface area contributed by atoms with E-state index < -0.39 is 0 Å². The summed E-state index contributed by atoms with van der Waals surface area (Å²) in [6, 6.07) is 9.31. The van der Waals surface area contributed by atoms with Crippen LogP contribution in [0.3, 0.4) is 0 Å². The Morgan fingerprint density at radius 3 is 2.60 bits per heavy atom. The highest BCUT2D eigenvalue weighted by atomic mass is 32.2. The predicted octanol–water partition coefficient (Wildman–Crippen LogP) is 6.95. The molecule has 4 aliphatic rings. The zero-order valence-corrected chi connectivity index (χ0v) is 19.3. The number of thioether (sulfide) groups is 1. The fourth-order valence-corrected chi connectivity index (χ4v) is 7.61. The summed E-state index contributed by atoms with van der Waals surface area (Å²) >= 11 is 1.81. The Kier molecular flexibility index (Phi) is 5.22. The highest BCUT2D eigenvalue weighted by Crippen LogP contribution is 2.65. The van der Waals surface area contributed by atoms with E-state index >= 15 is 0 Å². The summed E-state index contributed by atoms with van der Waals surface area (Å²) < 4.78 is 0. The van der Waals surface area contributed by atoms with Crippen LogP contribution in [0.5, 0.6) is 0 Å². The molecule has 1 aromatic carbocycles. The molecule has 5 rings (SSSR count). The van der Waals surface area contributed by atoms with E-state index in [-0.39, 0.29) is 0 Å². The van der Waals surface area contributed by atoms with Gasteiger partial charge < -0.3 is 0 Å². The first-order chi connectivity index (χ1) is 14.5. The lowest BCUT2D eigenvalue weighted by molar-refractivity contribution is -0.114. The van der Waals surface area contributed by atoms with Crippen LogP contribution < -0.4 is 0 Å². The zero-order chi connectivity index (χ0) is 20.9. The van der Waals surface area contributed by atoms with Gasteiger partial charge in [-0.25, -0.2) is 0 Å². The maximum atomic E-state index is 12.1. The third-order valence-corrected chi connectivity index (χ3v) is 9.31. The van der Waals surface area contributed by atoms with Crippen LogP contribution in [0.1, 0.15) is 70.3 Å². The summed E-state index contributed by atoms with van der Waals surface area (Å²) in [4.78, 5) is 13.5. The molecule has 0 N–H and O–H groups in total. The Morgan fingerprint density at radius 2 is 1.87 bits per heavy atom. The van der Waals surface area contributed by atoms with Crippen molar-refractivity contribution in [3.05, 3.63) is 52.6 Å². The highest BCUT2D eigenvalue weighted by molar-refractivity contribution is 7.98. The van der Waals surface area contributed by atoms with Gasteiger partial charge in [-0.1, -0.05) is 30.6 Å². The van der Waals surface area contributed by atoms with Gasteiger partial charge in [0.15, 0.2) is 5.78 Å². The predicted molar refractivity (Wildman–Crippen MR) is 125 cm³/mol. The fraction of sp³-hybridized carbons (Fsp3) is 0.536. The first-order valence-electron chi connectivity index (χ1n) is 11.6. The summed E-state index contributed by atoms with van der Waals surface area (Å²) in [6.07, 6.45) is 11.8. The molecular formula is C28H32OS. The van der Waals surface area contributed by atoms with Gasteiger partial charge in [0.1, 0.15) is 0 Å². The van der Waals surface area contributed by atoms with E-state index in [9.17, 15) is 4.79 Å². The molecule has 1 nitrogen and oxygen atoms in total. The number of rotatable bonds is 2. The first-order valence-corrected chi connectivity index (χ1v) is 12.8. The Bertz CT molecular complexity index is 986. The molecule has 0 heterocycles. The molecule has 0 unspecified atom stereocenters. The van der Waals surface area contributed by atoms with Gasteiger partial charge in [0.2, 0.25) is 0 Å². The quantitative estimate of drug-likeness (QED) is 0.383. The second kappa shape index (κ2) is 7.76. The zero-order valence-electron chi connectivity index (χ0n) is 18.5. The van der Waals surface area contributed by atoms with Gasteiger partial charge in [-0.2, -0.15) is 0 Å². The van der Waals surface area contributed by atoms with E-state index in [1.807, 2.05) is 24.8 Å². The summed E-state index contributed by atoms with van der Waals surface area (Å²) in [6.45, 7) is 4.54. The van der Waals surface area contributed by atoms with Crippen molar-refractivity contribution in [3.63, 3.8) is 0 Å². The molecule has 4 aliphatic carbocycles. The van der Waals surface area contributed by atoms with Gasteiger partial charge >= 0.3 is 0 Å². The second-order valence-electron chi connectivity index (χ2n) is 9.88. The van der Waals surface area contributed by atoms with E-state index in [1.165, 1.54) is 41.7 Å². The van der Waals surface area contributed by atoms with Gasteiger partial charge in [0.05, 0.1) is 0 Å². The van der Waals surface area contributed by atoms with Crippen LogP contribution in [0.15, 0.2) is 52.0 Å². The minimum absolute atomic E-state index is 0.298. The number of benzene rings is 1. The average Bonchev–Trinajstić information content (AvgIpc) is 3.09. The number of hydrogen-bond donors (Lipinski definition) is 0. The van der Waals surface area contributed by atoms with Crippen LogP contribution in [-0.4, -0.2) is 12.0 Å². The summed E-state index contributed by atoms with van der Waals surface area (Å²) in [5, 5.41) is 0. The van der Waals surface area contributed by atoms with Gasteiger partial charge in [-0.3, -0.25) is 4.79 Å². The molecule has 0 bridgehead atoms. The number of fused-ring (bicyclic) bond motifs is 4. The minimum Gasteiger partial charge on any atom is -0.295 e. The van der Waals surface area contributed by atoms with Crippen molar-refractivity contribution in [2.45, 2.75) is 69.6 Å². The van der Waals surface area contributed by atoms with Crippen molar-refractivity contribution in [1.82, 2.24) is 0 Å². The SMILES string of the molecule is CC#C[C@@H]1CC[C@H]2[C@@H]3CCC4=CC(=O)CCC4=C3[C@@H](c3ccc(SC)cc3)C[C@]12C. The smallest absolute Gasteiger partial charge is 0.156 e. The van der Waals surface area contributed by atoms with E-state index in [0.717, 1.165) is 18.8 Å². The third kappa shape index (κ3) is 3.13. The third-order valence-electron chi connectivity index (χ3n) is 8.57. The van der Waals surface area contributed by atoms with E-state index in [1.54, 1.807) is 11.1 Å². The van der Waals surface area contributed by atoms with Crippen molar-refractivity contribution >= 4 is 17.5 Å². The van der Waals surface area contributed by atoms with Crippen LogP contribution in [-0.2, 0) is 4.79 Å². The molecule has 0 aromatic heterocycles. The molecule has 0 aliphatic heterocycles. The van der Waals surface area contributed by atoms with E-state index in [4.69, 9.17) is 0 Å².